The van der Waals surface area contributed by atoms with Crippen LogP contribution in [0.3, 0.4) is 0 Å². The maximum absolute atomic E-state index is 14.5. The van der Waals surface area contributed by atoms with E-state index in [1.807, 2.05) is 21.9 Å². The average Bonchev–Trinajstić information content (AvgIpc) is 4.04. The zero-order valence-electron chi connectivity index (χ0n) is 38.0. The summed E-state index contributed by atoms with van der Waals surface area (Å²) >= 11 is 6.90. The van der Waals surface area contributed by atoms with E-state index in [-0.39, 0.29) is 47.8 Å². The van der Waals surface area contributed by atoms with Gasteiger partial charge in [0.15, 0.2) is 0 Å². The molecule has 9 atom stereocenters. The molecule has 0 bridgehead atoms. The summed E-state index contributed by atoms with van der Waals surface area (Å²) in [7, 11) is 2.64. The van der Waals surface area contributed by atoms with Crippen molar-refractivity contribution >= 4 is 57.4 Å². The van der Waals surface area contributed by atoms with Crippen LogP contribution >= 0.6 is 11.6 Å². The molecule has 16 nitrogen and oxygen atoms in total. The second-order valence-corrected chi connectivity index (χ2v) is 19.8. The predicted octanol–water partition coefficient (Wildman–Crippen LogP) is 7.69. The zero-order valence-corrected chi connectivity index (χ0v) is 38.7. The highest BCUT2D eigenvalue weighted by Gasteiger charge is 2.62. The molecule has 2 unspecified atom stereocenters. The van der Waals surface area contributed by atoms with E-state index in [1.165, 1.54) is 14.2 Å². The zero-order chi connectivity index (χ0) is 46.1. The second-order valence-electron chi connectivity index (χ2n) is 19.4. The average molecular weight is 934 g/mol. The second kappa shape index (κ2) is 17.7. The van der Waals surface area contributed by atoms with Gasteiger partial charge in [0.2, 0.25) is 11.8 Å². The standard InChI is InChI=1S/C50H57ClN8O8/c1-25-34-24-38(59(43(25)34)48(61)41(56-50(63)65-3)29-16-20-67-21-17-29)46-53-39(44(51)57-46)27-6-4-26(5-7-27)30-8-11-33-31(22-30)9-12-35-42(33)54-45(52-35)36-13-10-32-23-37(32)58(36)47(60)40(55-49(62)64-2)28-14-18-66-19-15-28/h4-9,11-12,22,25,28-29,32,34,36-38,40-41,43H,10,13-21,23-24H2,1-3H3,(H,52,54)(H,53,57)(H,55,62)(H,56,63)/t25-,32+,34+,36+,37?,38+,40+,41?,43-/m1/s1. The van der Waals surface area contributed by atoms with E-state index in [0.717, 1.165) is 70.0 Å². The third kappa shape index (κ3) is 8.07. The molecule has 67 heavy (non-hydrogen) atoms. The first-order valence-electron chi connectivity index (χ1n) is 23.9. The number of benzene rings is 3. The number of amides is 4. The number of hydrogen-bond acceptors (Lipinski definition) is 10. The first-order chi connectivity index (χ1) is 32.6. The highest BCUT2D eigenvalue weighted by Crippen LogP contribution is 2.58. The van der Waals surface area contributed by atoms with Gasteiger partial charge in [-0.2, -0.15) is 0 Å². The fraction of sp³-hybridized carbons (Fsp3) is 0.520. The Bertz CT molecular complexity index is 2710. The van der Waals surface area contributed by atoms with Crippen molar-refractivity contribution in [3.63, 3.8) is 0 Å². The van der Waals surface area contributed by atoms with Gasteiger partial charge in [-0.15, -0.1) is 0 Å². The van der Waals surface area contributed by atoms with Crippen molar-refractivity contribution in [2.24, 2.45) is 29.6 Å². The van der Waals surface area contributed by atoms with Gasteiger partial charge in [0.1, 0.15) is 34.6 Å². The third-order valence-corrected chi connectivity index (χ3v) is 16.0. The van der Waals surface area contributed by atoms with Crippen LogP contribution in [0.25, 0.3) is 44.2 Å². The third-order valence-electron chi connectivity index (χ3n) is 15.8. The number of carbonyl (C=O) groups is 4. The number of hydrogen-bond donors (Lipinski definition) is 4. The summed E-state index contributed by atoms with van der Waals surface area (Å²) < 4.78 is 21.1. The topological polar surface area (TPSA) is 193 Å². The smallest absolute Gasteiger partial charge is 0.407 e. The lowest BCUT2D eigenvalue weighted by molar-refractivity contribution is -0.141. The van der Waals surface area contributed by atoms with Crippen LogP contribution in [0, 0.1) is 29.6 Å². The number of piperidine rings is 2. The minimum Gasteiger partial charge on any atom is -0.453 e. The molecule has 4 amide bonds. The van der Waals surface area contributed by atoms with Gasteiger partial charge >= 0.3 is 12.2 Å². The highest BCUT2D eigenvalue weighted by atomic mass is 35.5. The lowest BCUT2D eigenvalue weighted by Gasteiger charge is -2.39. The largest absolute Gasteiger partial charge is 0.453 e. The number of aromatic amines is 2. The summed E-state index contributed by atoms with van der Waals surface area (Å²) in [6.45, 7) is 4.37. The van der Waals surface area contributed by atoms with Gasteiger partial charge in [-0.3, -0.25) is 9.59 Å². The predicted molar refractivity (Wildman–Crippen MR) is 249 cm³/mol. The van der Waals surface area contributed by atoms with E-state index < -0.39 is 24.3 Å². The van der Waals surface area contributed by atoms with Crippen molar-refractivity contribution < 1.29 is 38.1 Å². The number of rotatable bonds is 10. The number of nitrogens with one attached hydrogen (secondary N) is 4. The Hall–Kier alpha value is -5.71. The normalized spacial score (nSPS) is 27.0. The summed E-state index contributed by atoms with van der Waals surface area (Å²) in [6, 6.07) is 16.9. The molecule has 0 spiro atoms. The molecular formula is C50H57ClN8O8. The number of methoxy groups -OCH3 is 2. The van der Waals surface area contributed by atoms with Gasteiger partial charge in [-0.05, 0) is 110 Å². The molecular weight excluding hydrogens is 876 g/mol. The number of nitrogens with zero attached hydrogens (tertiary/aromatic N) is 4. The van der Waals surface area contributed by atoms with Crippen molar-refractivity contribution in [2.75, 3.05) is 40.6 Å². The van der Waals surface area contributed by atoms with Crippen molar-refractivity contribution in [2.45, 2.75) is 94.5 Å². The number of halogens is 1. The number of aromatic nitrogens is 4. The first kappa shape index (κ1) is 43.8. The van der Waals surface area contributed by atoms with Crippen LogP contribution in [-0.4, -0.2) is 119 Å². The number of H-pyrrole nitrogens is 2. The Morgan fingerprint density at radius 2 is 1.33 bits per heavy atom. The number of carbonyl (C=O) groups excluding carboxylic acids is 4. The fourth-order valence-electron chi connectivity index (χ4n) is 11.9. The SMILES string of the molecule is COC(=O)NC(C(=O)N1[C@@H]2[C@H](C)[C@@H]2C[C@H]1c1nc(-c2ccc(-c3ccc4c(ccc5[nH]c([C@@H]6CC[C@H]7CC7N6C(=O)[C@@H](NC(=O)OC)C6CCOCC6)nc54)c3)cc2)c(Cl)[nH]1)C1CCOCC1. The number of alkyl carbamates (subject to hydrolysis) is 2. The Labute approximate surface area is 393 Å². The molecule has 2 aliphatic carbocycles. The van der Waals surface area contributed by atoms with Gasteiger partial charge in [0, 0.05) is 49.5 Å². The lowest BCUT2D eigenvalue weighted by Crippen LogP contribution is -2.55. The molecule has 5 aromatic rings. The van der Waals surface area contributed by atoms with Crippen LogP contribution < -0.4 is 10.6 Å². The van der Waals surface area contributed by atoms with E-state index in [9.17, 15) is 19.2 Å². The molecule has 11 rings (SSSR count). The molecule has 4 aliphatic heterocycles. The Morgan fingerprint density at radius 1 is 0.716 bits per heavy atom. The van der Waals surface area contributed by atoms with Gasteiger partial charge in [0.05, 0.1) is 37.3 Å². The van der Waals surface area contributed by atoms with E-state index in [2.05, 4.69) is 70.0 Å². The van der Waals surface area contributed by atoms with Crippen LogP contribution in [0.2, 0.25) is 5.15 Å². The van der Waals surface area contributed by atoms with Crippen LogP contribution in [0.5, 0.6) is 0 Å². The number of likely N-dealkylation sites (tertiary alicyclic amines) is 2. The number of imidazole rings is 2. The molecule has 352 valence electrons. The van der Waals surface area contributed by atoms with Crippen LogP contribution in [0.1, 0.15) is 82.0 Å². The van der Waals surface area contributed by atoms with Gasteiger partial charge in [-0.25, -0.2) is 19.6 Å². The van der Waals surface area contributed by atoms with Gasteiger partial charge < -0.3 is 49.3 Å². The Balaban J connectivity index is 0.825. The van der Waals surface area contributed by atoms with Crippen LogP contribution in [0.4, 0.5) is 9.59 Å². The summed E-state index contributed by atoms with van der Waals surface area (Å²) in [5.74, 6) is 2.28. The number of ether oxygens (including phenoxy) is 4. The molecule has 4 saturated heterocycles. The Kier molecular flexibility index (Phi) is 11.6. The molecule has 6 heterocycles. The molecule has 4 N–H and O–H groups in total. The van der Waals surface area contributed by atoms with E-state index in [1.54, 1.807) is 0 Å². The molecule has 6 aliphatic rings. The van der Waals surface area contributed by atoms with Crippen molar-refractivity contribution in [3.05, 3.63) is 71.4 Å². The van der Waals surface area contributed by atoms with E-state index >= 15 is 0 Å². The maximum Gasteiger partial charge on any atom is 0.407 e. The first-order valence-corrected chi connectivity index (χ1v) is 24.2. The van der Waals surface area contributed by atoms with E-state index in [4.69, 9.17) is 40.5 Å². The fourth-order valence-corrected chi connectivity index (χ4v) is 12.2. The molecule has 17 heteroatoms. The summed E-state index contributed by atoms with van der Waals surface area (Å²) in [4.78, 5) is 75.1. The summed E-state index contributed by atoms with van der Waals surface area (Å²) in [5, 5.41) is 8.20. The molecule has 0 radical (unpaired) electrons. The van der Waals surface area contributed by atoms with Crippen molar-refractivity contribution in [1.29, 1.82) is 0 Å². The van der Waals surface area contributed by atoms with Crippen molar-refractivity contribution in [1.82, 2.24) is 40.4 Å². The minimum absolute atomic E-state index is 0.0388. The molecule has 2 saturated carbocycles. The Morgan fingerprint density at radius 3 is 1.99 bits per heavy atom. The quantitative estimate of drug-likeness (QED) is 0.108. The van der Waals surface area contributed by atoms with Gasteiger partial charge in [0.25, 0.3) is 0 Å². The summed E-state index contributed by atoms with van der Waals surface area (Å²) in [6.07, 6.45) is 5.04. The number of fused-ring (bicyclic) bond motifs is 5. The molecule has 3 aromatic carbocycles. The van der Waals surface area contributed by atoms with Crippen molar-refractivity contribution in [3.8, 4) is 22.4 Å². The molecule has 6 fully saturated rings. The highest BCUT2D eigenvalue weighted by molar-refractivity contribution is 6.32. The molecule has 2 aromatic heterocycles. The van der Waals surface area contributed by atoms with Crippen LogP contribution in [0.15, 0.2) is 54.6 Å². The maximum atomic E-state index is 14.5. The monoisotopic (exact) mass is 932 g/mol. The van der Waals surface area contributed by atoms with Gasteiger partial charge in [-0.1, -0.05) is 61.0 Å². The minimum atomic E-state index is -0.726. The lowest BCUT2D eigenvalue weighted by atomic mass is 9.89. The van der Waals surface area contributed by atoms with Crippen LogP contribution in [-0.2, 0) is 28.5 Å². The van der Waals surface area contributed by atoms with E-state index in [0.29, 0.717) is 86.5 Å². The summed E-state index contributed by atoms with van der Waals surface area (Å²) in [5.41, 5.74) is 5.28.